The van der Waals surface area contributed by atoms with E-state index in [0.29, 0.717) is 39.8 Å². The van der Waals surface area contributed by atoms with Crippen molar-refractivity contribution in [2.45, 2.75) is 33.2 Å². The standard InChI is InChI=1S/C31H31N5O3/c1-5-21-8-10-22(11-9-21)28-27(31(38)35-24-14-16-25(39-4)17-15-24)20(3)33-29-26(18-32-36(28)29)30(37)34-23-12-6-19(2)7-13-23/h6-18,28,33H,5H2,1-4H3,(H,34,37)(H,35,38). The van der Waals surface area contributed by atoms with Crippen molar-refractivity contribution in [1.82, 2.24) is 9.78 Å². The summed E-state index contributed by atoms with van der Waals surface area (Å²) in [4.78, 5) is 27.0. The number of ether oxygens (including phenoxy) is 1. The first kappa shape index (κ1) is 25.8. The Morgan fingerprint density at radius 3 is 2.13 bits per heavy atom. The summed E-state index contributed by atoms with van der Waals surface area (Å²) in [5.74, 6) is 0.685. The Morgan fingerprint density at radius 1 is 0.897 bits per heavy atom. The molecule has 1 unspecified atom stereocenters. The van der Waals surface area contributed by atoms with Crippen LogP contribution in [0.15, 0.2) is 90.3 Å². The summed E-state index contributed by atoms with van der Waals surface area (Å²) in [5.41, 5.74) is 6.07. The van der Waals surface area contributed by atoms with Crippen LogP contribution in [-0.4, -0.2) is 28.7 Å². The van der Waals surface area contributed by atoms with Crippen molar-refractivity contribution in [2.75, 3.05) is 23.1 Å². The number of anilines is 3. The molecular weight excluding hydrogens is 490 g/mol. The fourth-order valence-electron chi connectivity index (χ4n) is 4.67. The minimum atomic E-state index is -0.536. The molecule has 39 heavy (non-hydrogen) atoms. The highest BCUT2D eigenvalue weighted by Gasteiger charge is 2.35. The maximum absolute atomic E-state index is 13.7. The van der Waals surface area contributed by atoms with Gasteiger partial charge in [-0.05, 0) is 67.8 Å². The van der Waals surface area contributed by atoms with E-state index in [1.807, 2.05) is 50.2 Å². The number of carbonyl (C=O) groups excluding carboxylic acids is 2. The van der Waals surface area contributed by atoms with Crippen LogP contribution in [0.25, 0.3) is 0 Å². The third kappa shape index (κ3) is 5.27. The van der Waals surface area contributed by atoms with Gasteiger partial charge in [0.2, 0.25) is 0 Å². The Balaban J connectivity index is 1.51. The van der Waals surface area contributed by atoms with E-state index >= 15 is 0 Å². The highest BCUT2D eigenvalue weighted by atomic mass is 16.5. The quantitative estimate of drug-likeness (QED) is 0.280. The van der Waals surface area contributed by atoms with Crippen LogP contribution < -0.4 is 20.7 Å². The molecule has 2 amide bonds. The number of nitrogens with zero attached hydrogens (tertiary/aromatic N) is 2. The Labute approximate surface area is 227 Å². The number of hydrogen-bond donors (Lipinski definition) is 3. The number of rotatable bonds is 7. The lowest BCUT2D eigenvalue weighted by Gasteiger charge is -2.30. The number of aromatic nitrogens is 2. The van der Waals surface area contributed by atoms with Gasteiger partial charge < -0.3 is 20.7 Å². The fraction of sp³-hybridized carbons (Fsp3) is 0.194. The van der Waals surface area contributed by atoms with E-state index in [1.165, 1.54) is 11.8 Å². The Kier molecular flexibility index (Phi) is 7.19. The number of nitrogens with one attached hydrogen (secondary N) is 3. The topological polar surface area (TPSA) is 97.3 Å². The Morgan fingerprint density at radius 2 is 1.51 bits per heavy atom. The average molecular weight is 522 g/mol. The van der Waals surface area contributed by atoms with Crippen LogP contribution in [0, 0.1) is 6.92 Å². The predicted molar refractivity (Wildman–Crippen MR) is 153 cm³/mol. The Bertz CT molecular complexity index is 1530. The van der Waals surface area contributed by atoms with E-state index in [2.05, 4.69) is 40.1 Å². The molecule has 0 saturated carbocycles. The third-order valence-corrected chi connectivity index (χ3v) is 6.87. The Hall–Kier alpha value is -4.85. The van der Waals surface area contributed by atoms with E-state index in [-0.39, 0.29) is 11.8 Å². The molecule has 0 spiro atoms. The second kappa shape index (κ2) is 10.9. The zero-order valence-corrected chi connectivity index (χ0v) is 22.4. The molecule has 3 aromatic carbocycles. The number of allylic oxidation sites excluding steroid dienone is 1. The number of methoxy groups -OCH3 is 1. The normalized spacial score (nSPS) is 14.3. The van der Waals surface area contributed by atoms with Crippen molar-refractivity contribution >= 4 is 29.0 Å². The van der Waals surface area contributed by atoms with Crippen LogP contribution in [-0.2, 0) is 11.2 Å². The van der Waals surface area contributed by atoms with Gasteiger partial charge in [0, 0.05) is 17.1 Å². The first-order valence-electron chi connectivity index (χ1n) is 12.9. The van der Waals surface area contributed by atoms with Gasteiger partial charge in [-0.15, -0.1) is 0 Å². The molecular formula is C31H31N5O3. The van der Waals surface area contributed by atoms with Gasteiger partial charge in [-0.3, -0.25) is 9.59 Å². The van der Waals surface area contributed by atoms with Gasteiger partial charge in [-0.1, -0.05) is 48.9 Å². The molecule has 3 N–H and O–H groups in total. The molecule has 0 aliphatic carbocycles. The lowest BCUT2D eigenvalue weighted by Crippen LogP contribution is -2.32. The molecule has 2 heterocycles. The maximum atomic E-state index is 13.7. The van der Waals surface area contributed by atoms with Crippen molar-refractivity contribution in [3.8, 4) is 5.75 Å². The highest BCUT2D eigenvalue weighted by Crippen LogP contribution is 2.38. The van der Waals surface area contributed by atoms with Crippen LogP contribution in [0.4, 0.5) is 17.2 Å². The molecule has 5 rings (SSSR count). The van der Waals surface area contributed by atoms with Gasteiger partial charge >= 0.3 is 0 Å². The SMILES string of the molecule is CCc1ccc(C2C(C(=O)Nc3ccc(OC)cc3)=C(C)Nc3c(C(=O)Nc4ccc(C)cc4)cnn32)cc1. The maximum Gasteiger partial charge on any atom is 0.261 e. The molecule has 0 fully saturated rings. The molecule has 0 radical (unpaired) electrons. The molecule has 1 aromatic heterocycles. The summed E-state index contributed by atoms with van der Waals surface area (Å²) in [5, 5.41) is 13.8. The summed E-state index contributed by atoms with van der Waals surface area (Å²) in [6.45, 7) is 5.94. The van der Waals surface area contributed by atoms with Gasteiger partial charge in [0.05, 0.1) is 18.9 Å². The lowest BCUT2D eigenvalue weighted by atomic mass is 9.93. The minimum Gasteiger partial charge on any atom is -0.497 e. The van der Waals surface area contributed by atoms with Crippen molar-refractivity contribution in [2.24, 2.45) is 0 Å². The fourth-order valence-corrected chi connectivity index (χ4v) is 4.67. The van der Waals surface area contributed by atoms with Crippen LogP contribution in [0.1, 0.15) is 46.9 Å². The van der Waals surface area contributed by atoms with Crippen molar-refractivity contribution in [3.63, 3.8) is 0 Å². The largest absolute Gasteiger partial charge is 0.497 e. The first-order chi connectivity index (χ1) is 18.9. The summed E-state index contributed by atoms with van der Waals surface area (Å²) in [7, 11) is 1.60. The molecule has 1 aliphatic rings. The van der Waals surface area contributed by atoms with E-state index in [9.17, 15) is 9.59 Å². The van der Waals surface area contributed by atoms with E-state index < -0.39 is 6.04 Å². The number of hydrogen-bond acceptors (Lipinski definition) is 5. The summed E-state index contributed by atoms with van der Waals surface area (Å²) < 4.78 is 6.94. The molecule has 0 bridgehead atoms. The second-order valence-electron chi connectivity index (χ2n) is 9.52. The second-order valence-corrected chi connectivity index (χ2v) is 9.52. The molecule has 4 aromatic rings. The molecule has 0 saturated heterocycles. The zero-order chi connectivity index (χ0) is 27.5. The third-order valence-electron chi connectivity index (χ3n) is 6.87. The summed E-state index contributed by atoms with van der Waals surface area (Å²) >= 11 is 0. The molecule has 1 atom stereocenters. The van der Waals surface area contributed by atoms with Crippen LogP contribution in [0.5, 0.6) is 5.75 Å². The number of amides is 2. The van der Waals surface area contributed by atoms with E-state index in [4.69, 9.17) is 4.74 Å². The van der Waals surface area contributed by atoms with E-state index in [1.54, 1.807) is 36.1 Å². The van der Waals surface area contributed by atoms with Gasteiger partial charge in [-0.25, -0.2) is 4.68 Å². The first-order valence-corrected chi connectivity index (χ1v) is 12.9. The average Bonchev–Trinajstić information content (AvgIpc) is 3.37. The number of carbonyl (C=O) groups is 2. The van der Waals surface area contributed by atoms with Crippen molar-refractivity contribution in [3.05, 3.63) is 113 Å². The highest BCUT2D eigenvalue weighted by molar-refractivity contribution is 6.09. The van der Waals surface area contributed by atoms with Gasteiger partial charge in [0.25, 0.3) is 11.8 Å². The lowest BCUT2D eigenvalue weighted by molar-refractivity contribution is -0.113. The van der Waals surface area contributed by atoms with Crippen molar-refractivity contribution < 1.29 is 14.3 Å². The molecule has 198 valence electrons. The van der Waals surface area contributed by atoms with Gasteiger partial charge in [0.15, 0.2) is 0 Å². The monoisotopic (exact) mass is 521 g/mol. The smallest absolute Gasteiger partial charge is 0.261 e. The number of benzene rings is 3. The van der Waals surface area contributed by atoms with Crippen LogP contribution in [0.3, 0.4) is 0 Å². The predicted octanol–water partition coefficient (Wildman–Crippen LogP) is 5.94. The van der Waals surface area contributed by atoms with Crippen molar-refractivity contribution in [1.29, 1.82) is 0 Å². The summed E-state index contributed by atoms with van der Waals surface area (Å²) in [6.07, 6.45) is 2.44. The van der Waals surface area contributed by atoms with E-state index in [0.717, 1.165) is 17.5 Å². The molecule has 8 heteroatoms. The number of aryl methyl sites for hydroxylation is 2. The molecule has 1 aliphatic heterocycles. The van der Waals surface area contributed by atoms with Gasteiger partial charge in [0.1, 0.15) is 23.2 Å². The minimum absolute atomic E-state index is 0.262. The van der Waals surface area contributed by atoms with Gasteiger partial charge in [-0.2, -0.15) is 5.10 Å². The number of fused-ring (bicyclic) bond motifs is 1. The zero-order valence-electron chi connectivity index (χ0n) is 22.4. The van der Waals surface area contributed by atoms with Crippen LogP contribution in [0.2, 0.25) is 0 Å². The summed E-state index contributed by atoms with van der Waals surface area (Å²) in [6, 6.07) is 22.4. The molecule has 8 nitrogen and oxygen atoms in total. The van der Waals surface area contributed by atoms with Crippen LogP contribution >= 0.6 is 0 Å².